The van der Waals surface area contributed by atoms with Crippen LogP contribution in [0.1, 0.15) is 13.8 Å². The van der Waals surface area contributed by atoms with Crippen LogP contribution in [0.15, 0.2) is 0 Å². The van der Waals surface area contributed by atoms with Gasteiger partial charge >= 0.3 is 6.01 Å². The van der Waals surface area contributed by atoms with Crippen LogP contribution in [0.2, 0.25) is 5.28 Å². The molecule has 0 saturated carbocycles. The first kappa shape index (κ1) is 12.9. The Morgan fingerprint density at radius 1 is 1.31 bits per heavy atom. The van der Waals surface area contributed by atoms with Gasteiger partial charge in [-0.3, -0.25) is 0 Å². The van der Waals surface area contributed by atoms with E-state index < -0.39 is 0 Å². The van der Waals surface area contributed by atoms with Gasteiger partial charge in [-0.15, -0.1) is 0 Å². The van der Waals surface area contributed by atoms with Crippen LogP contribution < -0.4 is 10.5 Å². The summed E-state index contributed by atoms with van der Waals surface area (Å²) in [7, 11) is 3.94. The number of nitrogen functional groups attached to an aromatic ring is 1. The third kappa shape index (κ3) is 3.46. The van der Waals surface area contributed by atoms with E-state index in [-0.39, 0.29) is 22.8 Å². The summed E-state index contributed by atoms with van der Waals surface area (Å²) in [4.78, 5) is 13.3. The zero-order chi connectivity index (χ0) is 12.3. The van der Waals surface area contributed by atoms with Gasteiger partial charge in [0.1, 0.15) is 6.61 Å². The number of hydrogen-bond donors (Lipinski definition) is 1. The Morgan fingerprint density at radius 2 is 1.94 bits per heavy atom. The maximum atomic E-state index is 5.63. The summed E-state index contributed by atoms with van der Waals surface area (Å²) in [6.45, 7) is 4.51. The van der Waals surface area contributed by atoms with E-state index in [4.69, 9.17) is 22.1 Å². The summed E-state index contributed by atoms with van der Waals surface area (Å²) < 4.78 is 5.43. The molecule has 2 N–H and O–H groups in total. The topological polar surface area (TPSA) is 77.2 Å². The number of rotatable bonds is 4. The van der Waals surface area contributed by atoms with Crippen molar-refractivity contribution in [2.75, 3.05) is 26.4 Å². The van der Waals surface area contributed by atoms with Crippen molar-refractivity contribution >= 4 is 17.5 Å². The number of nitrogens with two attached hydrogens (primary N) is 1. The highest BCUT2D eigenvalue weighted by molar-refractivity contribution is 6.28. The van der Waals surface area contributed by atoms with Crippen molar-refractivity contribution in [2.24, 2.45) is 0 Å². The number of ether oxygens (including phenoxy) is 1. The van der Waals surface area contributed by atoms with E-state index in [1.165, 1.54) is 0 Å². The molecular weight excluding hydrogens is 230 g/mol. The fourth-order valence-corrected chi connectivity index (χ4v) is 0.940. The lowest BCUT2D eigenvalue weighted by molar-refractivity contribution is 0.108. The van der Waals surface area contributed by atoms with E-state index in [0.29, 0.717) is 6.61 Å². The Labute approximate surface area is 99.8 Å². The van der Waals surface area contributed by atoms with Gasteiger partial charge in [-0.1, -0.05) is 0 Å². The zero-order valence-electron chi connectivity index (χ0n) is 9.86. The number of aromatic nitrogens is 3. The van der Waals surface area contributed by atoms with Crippen LogP contribution >= 0.6 is 11.6 Å². The molecule has 1 heterocycles. The summed E-state index contributed by atoms with van der Waals surface area (Å²) in [5, 5.41) is 0.0326. The molecule has 16 heavy (non-hydrogen) atoms. The lowest BCUT2D eigenvalue weighted by Gasteiger charge is -2.31. The minimum Gasteiger partial charge on any atom is -0.461 e. The zero-order valence-corrected chi connectivity index (χ0v) is 10.6. The number of anilines is 1. The Hall–Kier alpha value is -1.14. The van der Waals surface area contributed by atoms with Crippen molar-refractivity contribution in [3.8, 4) is 6.01 Å². The van der Waals surface area contributed by atoms with Gasteiger partial charge in [0, 0.05) is 5.54 Å². The molecule has 0 spiro atoms. The van der Waals surface area contributed by atoms with E-state index in [1.807, 2.05) is 32.8 Å². The monoisotopic (exact) mass is 245 g/mol. The lowest BCUT2D eigenvalue weighted by atomic mass is 10.1. The third-order valence-corrected chi connectivity index (χ3v) is 2.54. The van der Waals surface area contributed by atoms with Gasteiger partial charge in [-0.05, 0) is 39.5 Å². The fraction of sp³-hybridized carbons (Fsp3) is 0.667. The van der Waals surface area contributed by atoms with Crippen molar-refractivity contribution in [2.45, 2.75) is 19.4 Å². The van der Waals surface area contributed by atoms with Crippen LogP contribution in [0.5, 0.6) is 6.01 Å². The quantitative estimate of drug-likeness (QED) is 0.847. The predicted molar refractivity (Wildman–Crippen MR) is 62.5 cm³/mol. The second-order valence-electron chi connectivity index (χ2n) is 4.24. The molecule has 0 unspecified atom stereocenters. The van der Waals surface area contributed by atoms with E-state index in [2.05, 4.69) is 15.0 Å². The number of hydrogen-bond acceptors (Lipinski definition) is 6. The summed E-state index contributed by atoms with van der Waals surface area (Å²) >= 11 is 5.63. The van der Waals surface area contributed by atoms with Crippen LogP contribution in [0.3, 0.4) is 0 Å². The number of likely N-dealkylation sites (N-methyl/N-ethyl adjacent to an activating group) is 1. The first-order valence-corrected chi connectivity index (χ1v) is 5.16. The molecule has 0 saturated heterocycles. The van der Waals surface area contributed by atoms with E-state index in [1.54, 1.807) is 0 Å². The van der Waals surface area contributed by atoms with E-state index in [9.17, 15) is 0 Å². The lowest BCUT2D eigenvalue weighted by Crippen LogP contribution is -2.43. The van der Waals surface area contributed by atoms with Crippen LogP contribution in [0.25, 0.3) is 0 Å². The highest BCUT2D eigenvalue weighted by atomic mass is 35.5. The Kier molecular flexibility index (Phi) is 3.88. The Bertz CT molecular complexity index is 349. The van der Waals surface area contributed by atoms with Crippen LogP contribution in [0, 0.1) is 0 Å². The van der Waals surface area contributed by atoms with Gasteiger partial charge in [0.15, 0.2) is 0 Å². The molecule has 0 atom stereocenters. The summed E-state index contributed by atoms with van der Waals surface area (Å²) in [5.74, 6) is 0.0534. The molecule has 7 heteroatoms. The van der Waals surface area contributed by atoms with Gasteiger partial charge < -0.3 is 15.4 Å². The third-order valence-electron chi connectivity index (χ3n) is 2.37. The van der Waals surface area contributed by atoms with Crippen molar-refractivity contribution in [1.82, 2.24) is 19.9 Å². The molecule has 1 aromatic heterocycles. The molecule has 0 aliphatic heterocycles. The minimum absolute atomic E-state index is 0.0326. The highest BCUT2D eigenvalue weighted by Crippen LogP contribution is 2.14. The van der Waals surface area contributed by atoms with Gasteiger partial charge in [0.25, 0.3) is 0 Å². The molecule has 0 aliphatic carbocycles. The molecule has 90 valence electrons. The largest absolute Gasteiger partial charge is 0.461 e. The second kappa shape index (κ2) is 4.80. The van der Waals surface area contributed by atoms with Gasteiger partial charge in [0.05, 0.1) is 0 Å². The van der Waals surface area contributed by atoms with Crippen molar-refractivity contribution in [1.29, 1.82) is 0 Å². The molecule has 0 aromatic carbocycles. The highest BCUT2D eigenvalue weighted by Gasteiger charge is 2.22. The summed E-state index contributed by atoms with van der Waals surface area (Å²) in [6, 6.07) is 0.146. The second-order valence-corrected chi connectivity index (χ2v) is 4.58. The van der Waals surface area contributed by atoms with Crippen LogP contribution in [0.4, 0.5) is 5.95 Å². The first-order valence-electron chi connectivity index (χ1n) is 4.78. The van der Waals surface area contributed by atoms with Crippen molar-refractivity contribution in [3.63, 3.8) is 0 Å². The number of halogens is 1. The molecular formula is C9H16ClN5O. The molecule has 0 radical (unpaired) electrons. The Balaban J connectivity index is 2.68. The van der Waals surface area contributed by atoms with Crippen LogP contribution in [-0.4, -0.2) is 46.1 Å². The number of nitrogens with zero attached hydrogens (tertiary/aromatic N) is 4. The molecule has 0 fully saturated rings. The first-order chi connectivity index (χ1) is 7.31. The van der Waals surface area contributed by atoms with Crippen molar-refractivity contribution in [3.05, 3.63) is 5.28 Å². The van der Waals surface area contributed by atoms with E-state index >= 15 is 0 Å². The standard InChI is InChI=1S/C9H16ClN5O/c1-9(2,15(3)4)5-16-8-13-6(10)12-7(11)14-8/h5H2,1-4H3,(H2,11,12,13,14). The summed E-state index contributed by atoms with van der Waals surface area (Å²) in [5.41, 5.74) is 5.29. The van der Waals surface area contributed by atoms with Gasteiger partial charge in [0.2, 0.25) is 11.2 Å². The van der Waals surface area contributed by atoms with Gasteiger partial charge in [-0.2, -0.15) is 15.0 Å². The molecule has 1 rings (SSSR count). The molecule has 0 amide bonds. The SMILES string of the molecule is CN(C)C(C)(C)COc1nc(N)nc(Cl)n1. The molecule has 6 nitrogen and oxygen atoms in total. The maximum Gasteiger partial charge on any atom is 0.322 e. The average Bonchev–Trinajstić information content (AvgIpc) is 2.13. The van der Waals surface area contributed by atoms with Crippen LogP contribution in [-0.2, 0) is 0 Å². The molecule has 0 bridgehead atoms. The van der Waals surface area contributed by atoms with E-state index in [0.717, 1.165) is 0 Å². The minimum atomic E-state index is -0.131. The smallest absolute Gasteiger partial charge is 0.322 e. The maximum absolute atomic E-state index is 5.63. The molecule has 0 aliphatic rings. The molecule has 1 aromatic rings. The summed E-state index contributed by atoms with van der Waals surface area (Å²) in [6.07, 6.45) is 0. The fourth-order valence-electron chi connectivity index (χ4n) is 0.781. The van der Waals surface area contributed by atoms with Gasteiger partial charge in [-0.25, -0.2) is 0 Å². The predicted octanol–water partition coefficient (Wildman–Crippen LogP) is 0.826. The average molecular weight is 246 g/mol. The van der Waals surface area contributed by atoms with Crippen molar-refractivity contribution < 1.29 is 4.74 Å². The Morgan fingerprint density at radius 3 is 2.44 bits per heavy atom. The normalized spacial score (nSPS) is 11.9.